The molecule has 0 aliphatic heterocycles. The molecule has 1 aromatic heterocycles. The molecular formula is C22H18N4O3. The lowest BCUT2D eigenvalue weighted by atomic mass is 10.1. The van der Waals surface area contributed by atoms with Gasteiger partial charge in [0.2, 0.25) is 0 Å². The van der Waals surface area contributed by atoms with E-state index >= 15 is 0 Å². The van der Waals surface area contributed by atoms with Crippen LogP contribution in [0.2, 0.25) is 0 Å². The van der Waals surface area contributed by atoms with Gasteiger partial charge in [0, 0.05) is 0 Å². The molecule has 0 bridgehead atoms. The van der Waals surface area contributed by atoms with Gasteiger partial charge in [-0.05, 0) is 42.0 Å². The highest BCUT2D eigenvalue weighted by molar-refractivity contribution is 5.84. The summed E-state index contributed by atoms with van der Waals surface area (Å²) in [5.74, 6) is 0.0322. The smallest absolute Gasteiger partial charge is 0.301 e. The van der Waals surface area contributed by atoms with Gasteiger partial charge in [0.15, 0.2) is 12.3 Å². The van der Waals surface area contributed by atoms with Crippen molar-refractivity contribution < 1.29 is 9.53 Å². The SMILES string of the molecule is Cc1[nH]n(C(=O)COc2ccc3ccccc3c2)c(=O)c1N=Nc1ccccc1. The van der Waals surface area contributed by atoms with Crippen LogP contribution in [0.5, 0.6) is 5.75 Å². The molecule has 0 atom stereocenters. The molecule has 0 unspecified atom stereocenters. The molecule has 7 heteroatoms. The number of ether oxygens (including phenoxy) is 1. The second-order valence-electron chi connectivity index (χ2n) is 6.45. The molecule has 3 aromatic carbocycles. The predicted molar refractivity (Wildman–Crippen MR) is 110 cm³/mol. The van der Waals surface area contributed by atoms with Gasteiger partial charge in [-0.2, -0.15) is 9.80 Å². The highest BCUT2D eigenvalue weighted by Crippen LogP contribution is 2.21. The van der Waals surface area contributed by atoms with Gasteiger partial charge in [0.1, 0.15) is 5.75 Å². The van der Waals surface area contributed by atoms with Crippen molar-refractivity contribution in [3.63, 3.8) is 0 Å². The first-order valence-electron chi connectivity index (χ1n) is 9.05. The van der Waals surface area contributed by atoms with E-state index in [1.165, 1.54) is 0 Å². The molecule has 0 aliphatic rings. The molecule has 0 aliphatic carbocycles. The van der Waals surface area contributed by atoms with Crippen molar-refractivity contribution in [3.8, 4) is 5.75 Å². The summed E-state index contributed by atoms with van der Waals surface area (Å²) in [5, 5.41) is 12.9. The molecule has 1 N–H and O–H groups in total. The summed E-state index contributed by atoms with van der Waals surface area (Å²) in [6, 6.07) is 22.5. The highest BCUT2D eigenvalue weighted by Gasteiger charge is 2.16. The standard InChI is InChI=1S/C22H18N4O3/c1-15-21(24-23-18-9-3-2-4-10-18)22(28)26(25-15)20(27)14-29-19-12-11-16-7-5-6-8-17(16)13-19/h2-13,25H,14H2,1H3. The van der Waals surface area contributed by atoms with Crippen molar-refractivity contribution in [2.75, 3.05) is 6.61 Å². The van der Waals surface area contributed by atoms with Crippen LogP contribution in [0.15, 0.2) is 87.8 Å². The van der Waals surface area contributed by atoms with E-state index in [4.69, 9.17) is 4.74 Å². The average Bonchev–Trinajstić information content (AvgIpc) is 3.04. The number of hydrogen-bond acceptors (Lipinski definition) is 5. The molecule has 29 heavy (non-hydrogen) atoms. The third-order valence-electron chi connectivity index (χ3n) is 4.39. The number of hydrogen-bond donors (Lipinski definition) is 1. The molecule has 0 saturated carbocycles. The lowest BCUT2D eigenvalue weighted by Crippen LogP contribution is -2.29. The van der Waals surface area contributed by atoms with Crippen LogP contribution in [0.3, 0.4) is 0 Å². The van der Waals surface area contributed by atoms with Crippen molar-refractivity contribution in [1.82, 2.24) is 9.78 Å². The summed E-state index contributed by atoms with van der Waals surface area (Å²) >= 11 is 0. The fraction of sp³-hybridized carbons (Fsp3) is 0.0909. The maximum Gasteiger partial charge on any atom is 0.301 e. The highest BCUT2D eigenvalue weighted by atomic mass is 16.5. The number of carbonyl (C=O) groups excluding carboxylic acids is 1. The van der Waals surface area contributed by atoms with Crippen LogP contribution >= 0.6 is 0 Å². The minimum absolute atomic E-state index is 0.0907. The Morgan fingerprint density at radius 3 is 2.48 bits per heavy atom. The largest absolute Gasteiger partial charge is 0.484 e. The minimum Gasteiger partial charge on any atom is -0.484 e. The van der Waals surface area contributed by atoms with Crippen molar-refractivity contribution in [2.45, 2.75) is 6.92 Å². The summed E-state index contributed by atoms with van der Waals surface area (Å²) in [4.78, 5) is 25.0. The van der Waals surface area contributed by atoms with Crippen molar-refractivity contribution >= 4 is 28.1 Å². The molecule has 1 heterocycles. The number of aryl methyl sites for hydroxylation is 1. The van der Waals surface area contributed by atoms with Gasteiger partial charge in [0.25, 0.3) is 5.91 Å². The number of benzene rings is 3. The van der Waals surface area contributed by atoms with Gasteiger partial charge < -0.3 is 4.74 Å². The van der Waals surface area contributed by atoms with E-state index in [0.29, 0.717) is 17.1 Å². The molecule has 0 amide bonds. The Balaban J connectivity index is 1.50. The summed E-state index contributed by atoms with van der Waals surface area (Å²) in [6.07, 6.45) is 0. The number of nitrogens with one attached hydrogen (secondary N) is 1. The van der Waals surface area contributed by atoms with Gasteiger partial charge in [-0.1, -0.05) is 48.5 Å². The number of carbonyl (C=O) groups is 1. The lowest BCUT2D eigenvalue weighted by molar-refractivity contribution is 0.0816. The Hall–Kier alpha value is -4.00. The number of H-pyrrole nitrogens is 1. The zero-order valence-corrected chi connectivity index (χ0v) is 15.7. The number of azo groups is 1. The first kappa shape index (κ1) is 18.4. The fourth-order valence-corrected chi connectivity index (χ4v) is 2.90. The van der Waals surface area contributed by atoms with Gasteiger partial charge >= 0.3 is 5.56 Å². The van der Waals surface area contributed by atoms with Crippen LogP contribution in [0, 0.1) is 6.92 Å². The van der Waals surface area contributed by atoms with E-state index in [-0.39, 0.29) is 12.3 Å². The van der Waals surface area contributed by atoms with E-state index in [1.54, 1.807) is 25.1 Å². The monoisotopic (exact) mass is 386 g/mol. The van der Waals surface area contributed by atoms with E-state index in [2.05, 4.69) is 15.3 Å². The van der Waals surface area contributed by atoms with Crippen LogP contribution in [-0.4, -0.2) is 22.3 Å². The number of aromatic nitrogens is 2. The van der Waals surface area contributed by atoms with Gasteiger partial charge in [-0.3, -0.25) is 14.7 Å². The van der Waals surface area contributed by atoms with Crippen LogP contribution < -0.4 is 10.3 Å². The van der Waals surface area contributed by atoms with Crippen LogP contribution in [0.25, 0.3) is 10.8 Å². The molecule has 144 valence electrons. The lowest BCUT2D eigenvalue weighted by Gasteiger charge is -2.06. The Morgan fingerprint density at radius 1 is 0.966 bits per heavy atom. The Bertz CT molecular complexity index is 1260. The average molecular weight is 386 g/mol. The van der Waals surface area contributed by atoms with Crippen LogP contribution in [0.4, 0.5) is 11.4 Å². The van der Waals surface area contributed by atoms with Gasteiger partial charge in [-0.15, -0.1) is 5.11 Å². The summed E-state index contributed by atoms with van der Waals surface area (Å²) in [7, 11) is 0. The molecule has 4 rings (SSSR count). The third kappa shape index (κ3) is 3.98. The fourth-order valence-electron chi connectivity index (χ4n) is 2.90. The zero-order chi connectivity index (χ0) is 20.2. The maximum atomic E-state index is 12.5. The number of rotatable bonds is 5. The molecule has 4 aromatic rings. The predicted octanol–water partition coefficient (Wildman–Crippen LogP) is 4.77. The molecule has 0 spiro atoms. The van der Waals surface area contributed by atoms with Crippen molar-refractivity contribution in [3.05, 3.63) is 88.8 Å². The van der Waals surface area contributed by atoms with Crippen molar-refractivity contribution in [2.24, 2.45) is 10.2 Å². The van der Waals surface area contributed by atoms with Crippen LogP contribution in [-0.2, 0) is 0 Å². The molecule has 0 saturated heterocycles. The molecule has 0 radical (unpaired) electrons. The number of aromatic amines is 1. The molecule has 0 fully saturated rings. The molecule has 7 nitrogen and oxygen atoms in total. The maximum absolute atomic E-state index is 12.5. The first-order chi connectivity index (χ1) is 14.1. The third-order valence-corrected chi connectivity index (χ3v) is 4.39. The second kappa shape index (κ2) is 7.93. The van der Waals surface area contributed by atoms with E-state index in [1.807, 2.05) is 54.6 Å². The second-order valence-corrected chi connectivity index (χ2v) is 6.45. The van der Waals surface area contributed by atoms with Gasteiger partial charge in [0.05, 0.1) is 11.4 Å². The van der Waals surface area contributed by atoms with E-state index < -0.39 is 11.5 Å². The Labute approximate surface area is 166 Å². The zero-order valence-electron chi connectivity index (χ0n) is 15.7. The topological polar surface area (TPSA) is 88.8 Å². The molecular weight excluding hydrogens is 368 g/mol. The quantitative estimate of drug-likeness (QED) is 0.501. The summed E-state index contributed by atoms with van der Waals surface area (Å²) in [6.45, 7) is 1.38. The summed E-state index contributed by atoms with van der Waals surface area (Å²) < 4.78 is 6.48. The normalized spacial score (nSPS) is 11.2. The van der Waals surface area contributed by atoms with E-state index in [0.717, 1.165) is 15.5 Å². The number of nitrogens with zero attached hydrogens (tertiary/aromatic N) is 3. The Kier molecular flexibility index (Phi) is 5.03. The Morgan fingerprint density at radius 2 is 1.69 bits per heavy atom. The van der Waals surface area contributed by atoms with Gasteiger partial charge in [-0.25, -0.2) is 0 Å². The van der Waals surface area contributed by atoms with Crippen molar-refractivity contribution in [1.29, 1.82) is 0 Å². The van der Waals surface area contributed by atoms with Crippen LogP contribution in [0.1, 0.15) is 10.5 Å². The summed E-state index contributed by atoms with van der Waals surface area (Å²) in [5.41, 5.74) is 0.598. The minimum atomic E-state index is -0.561. The number of fused-ring (bicyclic) bond motifs is 1. The first-order valence-corrected chi connectivity index (χ1v) is 9.05. The van der Waals surface area contributed by atoms with E-state index in [9.17, 15) is 9.59 Å².